The molecule has 0 spiro atoms. The Morgan fingerprint density at radius 1 is 1.28 bits per heavy atom. The third kappa shape index (κ3) is 5.37. The number of ether oxygens (including phenoxy) is 2. The smallest absolute Gasteiger partial charge is 0.330 e. The Morgan fingerprint density at radius 2 is 1.90 bits per heavy atom. The van der Waals surface area contributed by atoms with Crippen LogP contribution in [0.5, 0.6) is 0 Å². The quantitative estimate of drug-likeness (QED) is 0.236. The van der Waals surface area contributed by atoms with E-state index < -0.39 is 16.4 Å². The van der Waals surface area contributed by atoms with Crippen LogP contribution in [0.1, 0.15) is 40.0 Å². The fraction of sp³-hybridized carbons (Fsp3) is 0.727. The van der Waals surface area contributed by atoms with Crippen molar-refractivity contribution in [2.75, 3.05) is 7.11 Å². The van der Waals surface area contributed by atoms with E-state index in [1.165, 1.54) is 13.2 Å². The predicted octanol–water partition coefficient (Wildman–Crippen LogP) is 4.80. The SMILES string of the molecule is COC(=O)C=CCC1OC1(CC1=CC(O[Si](C)(C)C(C)(C)C)CC1=O)[Si](C)(C)C. The molecule has 0 radical (unpaired) electrons. The lowest BCUT2D eigenvalue weighted by molar-refractivity contribution is -0.134. The van der Waals surface area contributed by atoms with Crippen LogP contribution in [0.3, 0.4) is 0 Å². The van der Waals surface area contributed by atoms with Gasteiger partial charge in [-0.25, -0.2) is 4.79 Å². The Labute approximate surface area is 178 Å². The number of hydrogen-bond acceptors (Lipinski definition) is 5. The van der Waals surface area contributed by atoms with Gasteiger partial charge in [0.25, 0.3) is 0 Å². The lowest BCUT2D eigenvalue weighted by Gasteiger charge is -2.37. The predicted molar refractivity (Wildman–Crippen MR) is 121 cm³/mol. The summed E-state index contributed by atoms with van der Waals surface area (Å²) in [6, 6.07) is 0. The van der Waals surface area contributed by atoms with Crippen molar-refractivity contribution >= 4 is 28.1 Å². The molecule has 0 bridgehead atoms. The van der Waals surface area contributed by atoms with Crippen LogP contribution in [-0.4, -0.2) is 52.7 Å². The van der Waals surface area contributed by atoms with E-state index in [0.717, 1.165) is 5.57 Å². The van der Waals surface area contributed by atoms with Gasteiger partial charge in [0, 0.05) is 18.9 Å². The second-order valence-corrected chi connectivity index (χ2v) is 20.9. The second-order valence-electron chi connectivity index (χ2n) is 10.8. The molecule has 0 aromatic rings. The van der Waals surface area contributed by atoms with Gasteiger partial charge in [-0.05, 0) is 36.2 Å². The van der Waals surface area contributed by atoms with Gasteiger partial charge in [0.1, 0.15) is 0 Å². The lowest BCUT2D eigenvalue weighted by Crippen LogP contribution is -2.44. The molecule has 0 aromatic carbocycles. The van der Waals surface area contributed by atoms with Crippen LogP contribution in [0.2, 0.25) is 37.8 Å². The Morgan fingerprint density at radius 3 is 2.41 bits per heavy atom. The Balaban J connectivity index is 2.11. The van der Waals surface area contributed by atoms with Gasteiger partial charge in [0.15, 0.2) is 14.1 Å². The number of epoxide rings is 1. The molecule has 1 aliphatic heterocycles. The summed E-state index contributed by atoms with van der Waals surface area (Å²) in [5.74, 6) is -0.172. The topological polar surface area (TPSA) is 65.1 Å². The average Bonchev–Trinajstić information content (AvgIpc) is 3.16. The molecule has 0 saturated carbocycles. The molecule has 0 aromatic heterocycles. The molecule has 1 fully saturated rings. The maximum absolute atomic E-state index is 12.8. The summed E-state index contributed by atoms with van der Waals surface area (Å²) in [6.45, 7) is 17.9. The number of rotatable bonds is 8. The van der Waals surface area contributed by atoms with E-state index in [-0.39, 0.29) is 34.2 Å². The van der Waals surface area contributed by atoms with Crippen LogP contribution in [0.15, 0.2) is 23.8 Å². The Kier molecular flexibility index (Phi) is 6.89. The normalized spacial score (nSPS) is 28.0. The molecule has 3 atom stereocenters. The van der Waals surface area contributed by atoms with Crippen LogP contribution >= 0.6 is 0 Å². The molecule has 7 heteroatoms. The zero-order valence-electron chi connectivity index (χ0n) is 19.5. The van der Waals surface area contributed by atoms with Crippen molar-refractivity contribution in [3.05, 3.63) is 23.8 Å². The van der Waals surface area contributed by atoms with Crippen molar-refractivity contribution in [1.82, 2.24) is 0 Å². The summed E-state index contributed by atoms with van der Waals surface area (Å²) >= 11 is 0. The molecule has 29 heavy (non-hydrogen) atoms. The van der Waals surface area contributed by atoms with Crippen LogP contribution in [0, 0.1) is 0 Å². The van der Waals surface area contributed by atoms with Crippen molar-refractivity contribution in [2.24, 2.45) is 0 Å². The molecule has 2 rings (SSSR count). The summed E-state index contributed by atoms with van der Waals surface area (Å²) < 4.78 is 17.3. The first-order chi connectivity index (χ1) is 13.1. The van der Waals surface area contributed by atoms with Gasteiger partial charge in [0.05, 0.1) is 32.6 Å². The second kappa shape index (κ2) is 8.25. The molecular formula is C22H38O5Si2. The van der Waals surface area contributed by atoms with Crippen molar-refractivity contribution in [1.29, 1.82) is 0 Å². The van der Waals surface area contributed by atoms with Crippen LogP contribution in [0.4, 0.5) is 0 Å². The third-order valence-electron chi connectivity index (χ3n) is 6.73. The van der Waals surface area contributed by atoms with Gasteiger partial charge in [-0.15, -0.1) is 0 Å². The van der Waals surface area contributed by atoms with E-state index in [1.807, 2.05) is 12.2 Å². The highest BCUT2D eigenvalue weighted by Crippen LogP contribution is 2.51. The van der Waals surface area contributed by atoms with Gasteiger partial charge in [-0.3, -0.25) is 4.79 Å². The lowest BCUT2D eigenvalue weighted by atomic mass is 10.1. The summed E-state index contributed by atoms with van der Waals surface area (Å²) in [7, 11) is -2.27. The van der Waals surface area contributed by atoms with Crippen LogP contribution < -0.4 is 0 Å². The molecule has 164 valence electrons. The molecular weight excluding hydrogens is 400 g/mol. The molecule has 2 aliphatic rings. The van der Waals surface area contributed by atoms with Crippen molar-refractivity contribution < 1.29 is 23.5 Å². The zero-order chi connectivity index (χ0) is 22.3. The molecule has 3 unspecified atom stereocenters. The minimum absolute atomic E-state index is 0.0455. The summed E-state index contributed by atoms with van der Waals surface area (Å²) in [5, 5.41) is -0.149. The first-order valence-electron chi connectivity index (χ1n) is 10.5. The van der Waals surface area contributed by atoms with E-state index in [0.29, 0.717) is 19.3 Å². The maximum atomic E-state index is 12.8. The number of esters is 1. The third-order valence-corrected chi connectivity index (χ3v) is 14.4. The minimum atomic E-state index is -1.93. The van der Waals surface area contributed by atoms with E-state index >= 15 is 0 Å². The summed E-state index contributed by atoms with van der Waals surface area (Å²) in [5.41, 5.74) is 0.857. The van der Waals surface area contributed by atoms with E-state index in [9.17, 15) is 9.59 Å². The Bertz CT molecular complexity index is 712. The number of Topliss-reactive ketones (excluding diaryl/α,β-unsaturated/α-hetero) is 1. The standard InChI is InChI=1S/C22H38O5Si2/c1-21(2,3)29(8,9)27-17-13-16(18(23)14-17)15-22(28(5,6)7)19(26-22)11-10-12-20(24)25-4/h10,12-13,17,19H,11,14-15H2,1-9H3. The van der Waals surface area contributed by atoms with E-state index in [1.54, 1.807) is 0 Å². The number of carbonyl (C=O) groups excluding carboxylic acids is 2. The number of hydrogen-bond donors (Lipinski definition) is 0. The first-order valence-corrected chi connectivity index (χ1v) is 16.9. The number of methoxy groups -OCH3 is 1. The van der Waals surface area contributed by atoms with Crippen LogP contribution in [-0.2, 0) is 23.5 Å². The van der Waals surface area contributed by atoms with E-state index in [4.69, 9.17) is 9.16 Å². The van der Waals surface area contributed by atoms with Crippen LogP contribution in [0.25, 0.3) is 0 Å². The monoisotopic (exact) mass is 438 g/mol. The largest absolute Gasteiger partial charge is 0.466 e. The van der Waals surface area contributed by atoms with Gasteiger partial charge >= 0.3 is 5.97 Å². The van der Waals surface area contributed by atoms with Crippen molar-refractivity contribution in [2.45, 2.75) is 95.2 Å². The van der Waals surface area contributed by atoms with Gasteiger partial charge < -0.3 is 13.9 Å². The highest BCUT2D eigenvalue weighted by molar-refractivity contribution is 6.80. The van der Waals surface area contributed by atoms with Gasteiger partial charge in [-0.1, -0.05) is 46.5 Å². The fourth-order valence-corrected chi connectivity index (χ4v) is 7.22. The molecule has 0 N–H and O–H groups in total. The molecule has 0 amide bonds. The zero-order valence-corrected chi connectivity index (χ0v) is 21.5. The summed E-state index contributed by atoms with van der Waals surface area (Å²) in [6.07, 6.45) is 6.98. The van der Waals surface area contributed by atoms with Crippen molar-refractivity contribution in [3.8, 4) is 0 Å². The molecule has 1 aliphatic carbocycles. The average molecular weight is 439 g/mol. The van der Waals surface area contributed by atoms with E-state index in [2.05, 4.69) is 58.2 Å². The first kappa shape index (κ1) is 24.2. The minimum Gasteiger partial charge on any atom is -0.466 e. The molecule has 1 saturated heterocycles. The maximum Gasteiger partial charge on any atom is 0.330 e. The van der Waals surface area contributed by atoms with Gasteiger partial charge in [0.2, 0.25) is 0 Å². The number of carbonyl (C=O) groups is 2. The highest BCUT2D eigenvalue weighted by atomic mass is 28.4. The van der Waals surface area contributed by atoms with Gasteiger partial charge in [-0.2, -0.15) is 0 Å². The Hall–Kier alpha value is -1.03. The summed E-state index contributed by atoms with van der Waals surface area (Å²) in [4.78, 5) is 24.1. The highest BCUT2D eigenvalue weighted by Gasteiger charge is 2.63. The molecule has 5 nitrogen and oxygen atoms in total. The van der Waals surface area contributed by atoms with Crippen molar-refractivity contribution in [3.63, 3.8) is 0 Å². The fourth-order valence-electron chi connectivity index (χ4n) is 3.66. The molecule has 1 heterocycles. The number of ketones is 1.